The number of hydrogen-bond acceptors (Lipinski definition) is 8. The van der Waals surface area contributed by atoms with Crippen LogP contribution < -0.4 is 20.7 Å². The maximum absolute atomic E-state index is 9.83. The van der Waals surface area contributed by atoms with Crippen LogP contribution in [0.2, 0.25) is 0 Å². The minimum atomic E-state index is 0.418. The number of para-hydroxylation sites is 1. The highest BCUT2D eigenvalue weighted by molar-refractivity contribution is 5.99. The van der Waals surface area contributed by atoms with Gasteiger partial charge in [-0.2, -0.15) is 5.26 Å². The number of benzene rings is 2. The number of aromatic nitrogens is 3. The van der Waals surface area contributed by atoms with E-state index in [4.69, 9.17) is 15.5 Å². The minimum absolute atomic E-state index is 0.418. The molecule has 188 valence electrons. The van der Waals surface area contributed by atoms with E-state index in [0.29, 0.717) is 29.9 Å². The number of rotatable bonds is 5. The third-order valence-electron chi connectivity index (χ3n) is 7.47. The van der Waals surface area contributed by atoms with Gasteiger partial charge in [0.05, 0.1) is 40.9 Å². The number of ether oxygens (including phenoxy) is 1. The van der Waals surface area contributed by atoms with Crippen LogP contribution in [0, 0.1) is 18.3 Å². The first kappa shape index (κ1) is 23.1. The number of nitrogen functional groups attached to an aromatic ring is 1. The molecule has 0 saturated carbocycles. The molecule has 2 aliphatic rings. The molecule has 0 aliphatic carbocycles. The van der Waals surface area contributed by atoms with Crippen LogP contribution in [0.15, 0.2) is 42.7 Å². The summed E-state index contributed by atoms with van der Waals surface area (Å²) in [6, 6.07) is 12.8. The molecule has 2 aromatic heterocycles. The van der Waals surface area contributed by atoms with Gasteiger partial charge in [-0.05, 0) is 51.2 Å². The Balaban J connectivity index is 1.34. The number of anilines is 4. The Hall–Kier alpha value is -4.29. The highest BCUT2D eigenvalue weighted by Gasteiger charge is 2.26. The van der Waals surface area contributed by atoms with Crippen LogP contribution in [0.4, 0.5) is 23.0 Å². The Bertz CT molecular complexity index is 1550. The lowest BCUT2D eigenvalue weighted by molar-refractivity contribution is 0.287. The van der Waals surface area contributed by atoms with Crippen LogP contribution in [0.1, 0.15) is 17.5 Å². The van der Waals surface area contributed by atoms with Gasteiger partial charge in [-0.25, -0.2) is 9.97 Å². The van der Waals surface area contributed by atoms with Gasteiger partial charge in [-0.3, -0.25) is 0 Å². The van der Waals surface area contributed by atoms with Gasteiger partial charge < -0.3 is 30.2 Å². The zero-order valence-electron chi connectivity index (χ0n) is 21.3. The molecular formula is C28H30N8O. The van der Waals surface area contributed by atoms with Crippen molar-refractivity contribution in [3.8, 4) is 23.1 Å². The second kappa shape index (κ2) is 8.98. The summed E-state index contributed by atoms with van der Waals surface area (Å²) in [6.07, 6.45) is 4.75. The lowest BCUT2D eigenvalue weighted by atomic mass is 10.1. The molecule has 1 saturated heterocycles. The van der Waals surface area contributed by atoms with Gasteiger partial charge in [-0.15, -0.1) is 0 Å². The van der Waals surface area contributed by atoms with E-state index in [2.05, 4.69) is 64.0 Å². The van der Waals surface area contributed by atoms with E-state index in [1.54, 1.807) is 6.20 Å². The largest absolute Gasteiger partial charge is 0.490 e. The van der Waals surface area contributed by atoms with Crippen LogP contribution in [0.25, 0.3) is 22.2 Å². The fourth-order valence-corrected chi connectivity index (χ4v) is 5.41. The smallest absolute Gasteiger partial charge is 0.227 e. The van der Waals surface area contributed by atoms with E-state index >= 15 is 0 Å². The van der Waals surface area contributed by atoms with Crippen LogP contribution in [0.3, 0.4) is 0 Å². The molecule has 4 aromatic rings. The van der Waals surface area contributed by atoms with E-state index in [1.807, 2.05) is 24.3 Å². The van der Waals surface area contributed by atoms with Gasteiger partial charge >= 0.3 is 0 Å². The monoisotopic (exact) mass is 494 g/mol. The average Bonchev–Trinajstić information content (AvgIpc) is 3.53. The molecule has 0 spiro atoms. The van der Waals surface area contributed by atoms with Crippen LogP contribution in [-0.2, 0) is 6.54 Å². The van der Waals surface area contributed by atoms with E-state index in [0.717, 1.165) is 70.9 Å². The number of nitrogens with two attached hydrogens (primary N) is 1. The molecule has 4 heterocycles. The SMILES string of the molecule is Cc1cc(N2CC[C@@H](N(C)C)C2)c(N)cc1Nc1ncc(C#N)c(-c2cn3c4c(cccc24)OCC3)n1. The number of likely N-dealkylation sites (N-methyl/N-ethyl adjacent to an activating group) is 1. The van der Waals surface area contributed by atoms with Crippen molar-refractivity contribution in [1.29, 1.82) is 5.26 Å². The molecule has 9 heteroatoms. The van der Waals surface area contributed by atoms with Gasteiger partial charge in [0.2, 0.25) is 5.95 Å². The minimum Gasteiger partial charge on any atom is -0.490 e. The highest BCUT2D eigenvalue weighted by Crippen LogP contribution is 2.38. The third-order valence-corrected chi connectivity index (χ3v) is 7.47. The van der Waals surface area contributed by atoms with E-state index in [-0.39, 0.29) is 0 Å². The number of nitrogens with one attached hydrogen (secondary N) is 1. The summed E-state index contributed by atoms with van der Waals surface area (Å²) < 4.78 is 8.01. The molecule has 1 atom stereocenters. The molecule has 2 aromatic carbocycles. The Labute approximate surface area is 216 Å². The normalized spacial score (nSPS) is 16.7. The third kappa shape index (κ3) is 3.99. The molecule has 3 N–H and O–H groups in total. The van der Waals surface area contributed by atoms with Crippen molar-refractivity contribution < 1.29 is 4.74 Å². The highest BCUT2D eigenvalue weighted by atomic mass is 16.5. The molecular weight excluding hydrogens is 464 g/mol. The van der Waals surface area contributed by atoms with E-state index < -0.39 is 0 Å². The first-order valence-electron chi connectivity index (χ1n) is 12.5. The predicted molar refractivity (Wildman–Crippen MR) is 146 cm³/mol. The summed E-state index contributed by atoms with van der Waals surface area (Å²) in [6.45, 7) is 5.38. The van der Waals surface area contributed by atoms with Crippen LogP contribution in [0.5, 0.6) is 5.75 Å². The van der Waals surface area contributed by atoms with E-state index in [1.165, 1.54) is 0 Å². The summed E-state index contributed by atoms with van der Waals surface area (Å²) in [5, 5.41) is 14.2. The molecule has 0 unspecified atom stereocenters. The van der Waals surface area contributed by atoms with Gasteiger partial charge in [-0.1, -0.05) is 12.1 Å². The van der Waals surface area contributed by atoms with Crippen molar-refractivity contribution in [1.82, 2.24) is 19.4 Å². The van der Waals surface area contributed by atoms with Crippen LogP contribution in [-0.4, -0.2) is 59.3 Å². The van der Waals surface area contributed by atoms with Crippen molar-refractivity contribution in [3.05, 3.63) is 53.9 Å². The Morgan fingerprint density at radius 3 is 2.89 bits per heavy atom. The first-order valence-corrected chi connectivity index (χ1v) is 12.5. The Kier molecular flexibility index (Phi) is 5.61. The number of hydrogen-bond donors (Lipinski definition) is 2. The van der Waals surface area contributed by atoms with Crippen molar-refractivity contribution >= 4 is 33.9 Å². The molecule has 1 fully saturated rings. The van der Waals surface area contributed by atoms with Gasteiger partial charge in [0.25, 0.3) is 0 Å². The maximum atomic E-state index is 9.83. The Morgan fingerprint density at radius 2 is 2.11 bits per heavy atom. The molecule has 0 radical (unpaired) electrons. The fourth-order valence-electron chi connectivity index (χ4n) is 5.41. The summed E-state index contributed by atoms with van der Waals surface area (Å²) >= 11 is 0. The maximum Gasteiger partial charge on any atom is 0.227 e. The second-order valence-corrected chi connectivity index (χ2v) is 10.0. The number of nitriles is 1. The van der Waals surface area contributed by atoms with Crippen molar-refractivity contribution in [2.45, 2.75) is 25.9 Å². The van der Waals surface area contributed by atoms with E-state index in [9.17, 15) is 5.26 Å². The lowest BCUT2D eigenvalue weighted by Gasteiger charge is -2.24. The first-order chi connectivity index (χ1) is 17.9. The van der Waals surface area contributed by atoms with Crippen molar-refractivity contribution in [2.75, 3.05) is 49.7 Å². The zero-order chi connectivity index (χ0) is 25.7. The molecule has 0 bridgehead atoms. The lowest BCUT2D eigenvalue weighted by Crippen LogP contribution is -2.31. The number of aryl methyl sites for hydroxylation is 1. The van der Waals surface area contributed by atoms with Crippen LogP contribution >= 0.6 is 0 Å². The van der Waals surface area contributed by atoms with Gasteiger partial charge in [0.15, 0.2) is 0 Å². The summed E-state index contributed by atoms with van der Waals surface area (Å²) in [5.41, 5.74) is 13.1. The molecule has 6 rings (SSSR count). The molecule has 0 amide bonds. The predicted octanol–water partition coefficient (Wildman–Crippen LogP) is 4.14. The quantitative estimate of drug-likeness (QED) is 0.399. The zero-order valence-corrected chi connectivity index (χ0v) is 21.3. The van der Waals surface area contributed by atoms with Gasteiger partial charge in [0.1, 0.15) is 18.4 Å². The standard InChI is InChI=1S/C28H30N8O/c1-17-11-24(35-8-7-19(15-35)34(2)3)22(30)12-23(17)32-28-31-14-18(13-29)26(33-28)21-16-36-9-10-37-25-6-4-5-20(21)27(25)36/h4-6,11-12,14,16,19H,7-10,15,30H2,1-3H3,(H,31,32,33)/t19-/m1/s1. The number of nitrogens with zero attached hydrogens (tertiary/aromatic N) is 6. The van der Waals surface area contributed by atoms with Gasteiger partial charge in [0, 0.05) is 42.0 Å². The Morgan fingerprint density at radius 1 is 1.24 bits per heavy atom. The average molecular weight is 495 g/mol. The molecule has 37 heavy (non-hydrogen) atoms. The van der Waals surface area contributed by atoms with Crippen molar-refractivity contribution in [2.24, 2.45) is 0 Å². The summed E-state index contributed by atoms with van der Waals surface area (Å²) in [4.78, 5) is 13.9. The topological polar surface area (TPSA) is 108 Å². The summed E-state index contributed by atoms with van der Waals surface area (Å²) in [7, 11) is 4.25. The molecule has 2 aliphatic heterocycles. The second-order valence-electron chi connectivity index (χ2n) is 10.0. The van der Waals surface area contributed by atoms with Crippen molar-refractivity contribution in [3.63, 3.8) is 0 Å². The molecule has 9 nitrogen and oxygen atoms in total. The summed E-state index contributed by atoms with van der Waals surface area (Å²) in [5.74, 6) is 1.27. The fraction of sp³-hybridized carbons (Fsp3) is 0.321.